The molecule has 32 heavy (non-hydrogen) atoms. The molecule has 4 aromatic rings. The summed E-state index contributed by atoms with van der Waals surface area (Å²) in [5.41, 5.74) is 7.97. The third-order valence-electron chi connectivity index (χ3n) is 5.08. The molecule has 0 spiro atoms. The number of carbonyl (C=O) groups is 1. The molecular weight excluding hydrogens is 394 g/mol. The van der Waals surface area contributed by atoms with Gasteiger partial charge in [0.15, 0.2) is 0 Å². The van der Waals surface area contributed by atoms with Crippen molar-refractivity contribution < 1.29 is 9.53 Å². The molecule has 0 saturated carbocycles. The zero-order valence-electron chi connectivity index (χ0n) is 18.5. The van der Waals surface area contributed by atoms with Crippen LogP contribution in [-0.2, 0) is 4.79 Å². The molecule has 0 amide bonds. The Balaban J connectivity index is 0.00000141. The van der Waals surface area contributed by atoms with Crippen molar-refractivity contribution in [3.05, 3.63) is 121 Å². The first kappa shape index (κ1) is 22.6. The Labute approximate surface area is 190 Å². The molecule has 0 radical (unpaired) electrons. The lowest BCUT2D eigenvalue weighted by atomic mass is 10.0. The minimum atomic E-state index is 0.439. The summed E-state index contributed by atoms with van der Waals surface area (Å²) >= 11 is 0. The van der Waals surface area contributed by atoms with Gasteiger partial charge in [-0.05, 0) is 73.5 Å². The SMILES string of the molecule is C=C.Cc1ccc(N(c2ccc(C)cc2)c2ccc(-c3ccc(OC=O)cc3)cc2)cc1. The summed E-state index contributed by atoms with van der Waals surface area (Å²) in [6, 6.07) is 33.1. The van der Waals surface area contributed by atoms with Gasteiger partial charge in [0.25, 0.3) is 6.47 Å². The molecule has 0 N–H and O–H groups in total. The summed E-state index contributed by atoms with van der Waals surface area (Å²) in [5.74, 6) is 0.537. The van der Waals surface area contributed by atoms with Crippen LogP contribution in [0.15, 0.2) is 110 Å². The van der Waals surface area contributed by atoms with Crippen LogP contribution in [0.1, 0.15) is 11.1 Å². The van der Waals surface area contributed by atoms with E-state index in [1.807, 2.05) is 12.1 Å². The maximum atomic E-state index is 10.5. The van der Waals surface area contributed by atoms with Crippen LogP contribution < -0.4 is 9.64 Å². The van der Waals surface area contributed by atoms with E-state index in [9.17, 15) is 4.79 Å². The van der Waals surface area contributed by atoms with Crippen molar-refractivity contribution in [3.63, 3.8) is 0 Å². The molecule has 0 fully saturated rings. The molecule has 0 aliphatic heterocycles. The molecule has 0 unspecified atom stereocenters. The van der Waals surface area contributed by atoms with Gasteiger partial charge in [-0.15, -0.1) is 13.2 Å². The van der Waals surface area contributed by atoms with Crippen LogP contribution in [0.5, 0.6) is 5.75 Å². The molecule has 0 aliphatic carbocycles. The molecule has 160 valence electrons. The maximum Gasteiger partial charge on any atom is 0.298 e. The van der Waals surface area contributed by atoms with Crippen LogP contribution in [0.4, 0.5) is 17.1 Å². The largest absolute Gasteiger partial charge is 0.429 e. The van der Waals surface area contributed by atoms with Crippen molar-refractivity contribution in [2.75, 3.05) is 4.90 Å². The summed E-state index contributed by atoms with van der Waals surface area (Å²) in [6.07, 6.45) is 0. The van der Waals surface area contributed by atoms with Gasteiger partial charge in [-0.2, -0.15) is 0 Å². The average molecular weight is 422 g/mol. The van der Waals surface area contributed by atoms with E-state index in [1.165, 1.54) is 11.1 Å². The highest BCUT2D eigenvalue weighted by atomic mass is 16.5. The van der Waals surface area contributed by atoms with Gasteiger partial charge in [-0.1, -0.05) is 59.7 Å². The first-order chi connectivity index (χ1) is 15.6. The first-order valence-corrected chi connectivity index (χ1v) is 10.4. The van der Waals surface area contributed by atoms with Gasteiger partial charge in [0, 0.05) is 17.1 Å². The Morgan fingerprint density at radius 2 is 0.938 bits per heavy atom. The average Bonchev–Trinajstić information content (AvgIpc) is 2.84. The number of anilines is 3. The van der Waals surface area contributed by atoms with E-state index in [4.69, 9.17) is 4.74 Å². The lowest BCUT2D eigenvalue weighted by molar-refractivity contribution is -0.120. The van der Waals surface area contributed by atoms with Gasteiger partial charge in [-0.25, -0.2) is 0 Å². The third-order valence-corrected chi connectivity index (χ3v) is 5.08. The minimum Gasteiger partial charge on any atom is -0.429 e. The third kappa shape index (κ3) is 5.32. The quantitative estimate of drug-likeness (QED) is 0.235. The van der Waals surface area contributed by atoms with E-state index in [-0.39, 0.29) is 0 Å². The molecule has 0 atom stereocenters. The Morgan fingerprint density at radius 3 is 1.31 bits per heavy atom. The molecule has 0 aromatic heterocycles. The Bertz CT molecular complexity index is 1080. The lowest BCUT2D eigenvalue weighted by Gasteiger charge is -2.26. The summed E-state index contributed by atoms with van der Waals surface area (Å²) in [5, 5.41) is 0. The number of carbonyl (C=O) groups excluding carboxylic acids is 1. The summed E-state index contributed by atoms with van der Waals surface area (Å²) in [4.78, 5) is 12.7. The van der Waals surface area contributed by atoms with Crippen molar-refractivity contribution >= 4 is 23.5 Å². The Morgan fingerprint density at radius 1 is 0.594 bits per heavy atom. The second kappa shape index (κ2) is 10.8. The van der Waals surface area contributed by atoms with Gasteiger partial charge >= 0.3 is 0 Å². The maximum absolute atomic E-state index is 10.5. The molecule has 0 heterocycles. The highest BCUT2D eigenvalue weighted by Crippen LogP contribution is 2.35. The number of hydrogen-bond acceptors (Lipinski definition) is 3. The topological polar surface area (TPSA) is 29.5 Å². The van der Waals surface area contributed by atoms with E-state index in [0.29, 0.717) is 12.2 Å². The number of nitrogens with zero attached hydrogens (tertiary/aromatic N) is 1. The van der Waals surface area contributed by atoms with E-state index >= 15 is 0 Å². The van der Waals surface area contributed by atoms with Gasteiger partial charge in [-0.3, -0.25) is 4.79 Å². The van der Waals surface area contributed by atoms with Crippen LogP contribution in [0, 0.1) is 13.8 Å². The number of ether oxygens (including phenoxy) is 1. The molecule has 0 bridgehead atoms. The zero-order valence-corrected chi connectivity index (χ0v) is 18.5. The number of hydrogen-bond donors (Lipinski definition) is 0. The van der Waals surface area contributed by atoms with Crippen molar-refractivity contribution in [2.45, 2.75) is 13.8 Å². The molecule has 4 rings (SSSR count). The number of rotatable bonds is 6. The molecule has 3 heteroatoms. The minimum absolute atomic E-state index is 0.439. The number of benzene rings is 4. The monoisotopic (exact) mass is 421 g/mol. The normalized spacial score (nSPS) is 9.94. The van der Waals surface area contributed by atoms with E-state index in [0.717, 1.165) is 28.2 Å². The predicted molar refractivity (Wildman–Crippen MR) is 134 cm³/mol. The number of aryl methyl sites for hydroxylation is 2. The summed E-state index contributed by atoms with van der Waals surface area (Å²) in [6.45, 7) is 10.6. The van der Waals surface area contributed by atoms with Crippen LogP contribution >= 0.6 is 0 Å². The van der Waals surface area contributed by atoms with Crippen molar-refractivity contribution in [1.29, 1.82) is 0 Å². The fourth-order valence-electron chi connectivity index (χ4n) is 3.42. The predicted octanol–water partition coefficient (Wildman–Crippen LogP) is 7.78. The zero-order chi connectivity index (χ0) is 22.9. The Hall–Kier alpha value is -4.11. The molecule has 0 saturated heterocycles. The van der Waals surface area contributed by atoms with E-state index in [2.05, 4.69) is 105 Å². The highest BCUT2D eigenvalue weighted by molar-refractivity contribution is 5.78. The molecule has 0 aliphatic rings. The highest BCUT2D eigenvalue weighted by Gasteiger charge is 2.12. The van der Waals surface area contributed by atoms with E-state index in [1.54, 1.807) is 12.1 Å². The lowest BCUT2D eigenvalue weighted by Crippen LogP contribution is -2.09. The fraction of sp³-hybridized carbons (Fsp3) is 0.0690. The molecular formula is C29H27NO2. The van der Waals surface area contributed by atoms with Gasteiger partial charge in [0.1, 0.15) is 5.75 Å². The van der Waals surface area contributed by atoms with Gasteiger partial charge in [0.05, 0.1) is 0 Å². The molecule has 3 nitrogen and oxygen atoms in total. The van der Waals surface area contributed by atoms with Crippen molar-refractivity contribution in [1.82, 2.24) is 0 Å². The van der Waals surface area contributed by atoms with Gasteiger partial charge < -0.3 is 9.64 Å². The smallest absolute Gasteiger partial charge is 0.298 e. The van der Waals surface area contributed by atoms with Crippen LogP contribution in [0.2, 0.25) is 0 Å². The van der Waals surface area contributed by atoms with Crippen LogP contribution in [-0.4, -0.2) is 6.47 Å². The standard InChI is InChI=1S/C27H23NO2.C2H4/c1-20-3-11-24(12-4-20)28(25-13-5-21(2)6-14-25)26-15-7-22(8-16-26)23-9-17-27(18-10-23)30-19-29;1-2/h3-19H,1-2H3;1-2H2. The summed E-state index contributed by atoms with van der Waals surface area (Å²) in [7, 11) is 0. The second-order valence-corrected chi connectivity index (χ2v) is 7.29. The summed E-state index contributed by atoms with van der Waals surface area (Å²) < 4.78 is 4.87. The van der Waals surface area contributed by atoms with Crippen molar-refractivity contribution in [2.24, 2.45) is 0 Å². The van der Waals surface area contributed by atoms with Crippen LogP contribution in [0.3, 0.4) is 0 Å². The Kier molecular flexibility index (Phi) is 7.60. The fourth-order valence-corrected chi connectivity index (χ4v) is 3.42. The van der Waals surface area contributed by atoms with Gasteiger partial charge in [0.2, 0.25) is 0 Å². The van der Waals surface area contributed by atoms with Crippen molar-refractivity contribution in [3.8, 4) is 16.9 Å². The first-order valence-electron chi connectivity index (χ1n) is 10.4. The molecule has 4 aromatic carbocycles. The second-order valence-electron chi connectivity index (χ2n) is 7.29. The van der Waals surface area contributed by atoms with Crippen LogP contribution in [0.25, 0.3) is 11.1 Å². The van der Waals surface area contributed by atoms with E-state index < -0.39 is 0 Å².